The summed E-state index contributed by atoms with van der Waals surface area (Å²) in [4.78, 5) is 4.07. The number of fused-ring (bicyclic) bond motifs is 1. The highest BCUT2D eigenvalue weighted by Crippen LogP contribution is 2.33. The van der Waals surface area contributed by atoms with E-state index in [4.69, 9.17) is 5.73 Å². The Bertz CT molecular complexity index is 526. The average molecular weight is 260 g/mol. The zero-order valence-corrected chi connectivity index (χ0v) is 11.5. The van der Waals surface area contributed by atoms with E-state index in [-0.39, 0.29) is 0 Å². The van der Waals surface area contributed by atoms with Gasteiger partial charge in [-0.25, -0.2) is 0 Å². The Morgan fingerprint density at radius 3 is 2.72 bits per heavy atom. The third-order valence-corrected chi connectivity index (χ3v) is 5.01. The molecule has 2 aromatic rings. The first-order chi connectivity index (χ1) is 8.88. The molecule has 2 heterocycles. The number of rotatable bonds is 4. The standard InChI is InChI=1S/C15H20N2S/c16-8-7-15-13(11-17-9-3-4-10-17)12-5-1-2-6-14(12)18-15/h1-2,5-6H,3-4,7-11,16H2. The molecule has 0 radical (unpaired) electrons. The molecule has 1 aliphatic rings. The first-order valence-corrected chi connectivity index (χ1v) is 7.62. The zero-order chi connectivity index (χ0) is 12.4. The van der Waals surface area contributed by atoms with E-state index in [9.17, 15) is 0 Å². The first-order valence-electron chi connectivity index (χ1n) is 6.80. The maximum absolute atomic E-state index is 5.75. The van der Waals surface area contributed by atoms with Crippen molar-refractivity contribution in [1.82, 2.24) is 4.90 Å². The minimum absolute atomic E-state index is 0.750. The summed E-state index contributed by atoms with van der Waals surface area (Å²) in [6.45, 7) is 4.37. The van der Waals surface area contributed by atoms with Crippen molar-refractivity contribution >= 4 is 21.4 Å². The summed E-state index contributed by atoms with van der Waals surface area (Å²) in [5, 5.41) is 1.44. The summed E-state index contributed by atoms with van der Waals surface area (Å²) >= 11 is 1.93. The lowest BCUT2D eigenvalue weighted by atomic mass is 10.1. The summed E-state index contributed by atoms with van der Waals surface area (Å²) in [5.74, 6) is 0. The molecule has 1 aromatic carbocycles. The van der Waals surface area contributed by atoms with Crippen molar-refractivity contribution in [3.8, 4) is 0 Å². The van der Waals surface area contributed by atoms with Crippen molar-refractivity contribution in [2.45, 2.75) is 25.8 Å². The second-order valence-electron chi connectivity index (χ2n) is 5.02. The highest BCUT2D eigenvalue weighted by Gasteiger charge is 2.17. The fraction of sp³-hybridized carbons (Fsp3) is 0.467. The molecule has 0 unspecified atom stereocenters. The fourth-order valence-corrected chi connectivity index (χ4v) is 4.05. The SMILES string of the molecule is NCCc1sc2ccccc2c1CN1CCCC1. The number of nitrogens with two attached hydrogens (primary N) is 1. The molecule has 1 fully saturated rings. The summed E-state index contributed by atoms with van der Waals surface area (Å²) in [6, 6.07) is 8.77. The molecule has 0 spiro atoms. The van der Waals surface area contributed by atoms with E-state index < -0.39 is 0 Å². The molecule has 0 aliphatic carbocycles. The van der Waals surface area contributed by atoms with Crippen molar-refractivity contribution in [3.05, 3.63) is 34.7 Å². The van der Waals surface area contributed by atoms with Crippen LogP contribution in [-0.4, -0.2) is 24.5 Å². The minimum Gasteiger partial charge on any atom is -0.330 e. The molecular formula is C15H20N2S. The maximum atomic E-state index is 5.75. The summed E-state index contributed by atoms with van der Waals surface area (Å²) < 4.78 is 1.41. The van der Waals surface area contributed by atoms with E-state index in [1.807, 2.05) is 11.3 Å². The monoisotopic (exact) mass is 260 g/mol. The molecule has 2 N–H and O–H groups in total. The molecule has 0 saturated carbocycles. The first kappa shape index (κ1) is 12.2. The third kappa shape index (κ3) is 2.30. The number of benzene rings is 1. The van der Waals surface area contributed by atoms with Gasteiger partial charge in [-0.1, -0.05) is 18.2 Å². The van der Waals surface area contributed by atoms with E-state index >= 15 is 0 Å². The van der Waals surface area contributed by atoms with Gasteiger partial charge in [0.1, 0.15) is 0 Å². The smallest absolute Gasteiger partial charge is 0.0349 e. The average Bonchev–Trinajstić information content (AvgIpc) is 3.00. The molecule has 1 saturated heterocycles. The van der Waals surface area contributed by atoms with E-state index in [1.165, 1.54) is 46.5 Å². The van der Waals surface area contributed by atoms with Gasteiger partial charge in [0.15, 0.2) is 0 Å². The molecule has 3 heteroatoms. The Labute approximate surface area is 112 Å². The van der Waals surface area contributed by atoms with Crippen LogP contribution in [0.3, 0.4) is 0 Å². The van der Waals surface area contributed by atoms with Crippen LogP contribution in [0.25, 0.3) is 10.1 Å². The quantitative estimate of drug-likeness (QED) is 0.915. The highest BCUT2D eigenvalue weighted by atomic mass is 32.1. The Morgan fingerprint density at radius 1 is 1.17 bits per heavy atom. The fourth-order valence-electron chi connectivity index (χ4n) is 2.82. The van der Waals surface area contributed by atoms with Gasteiger partial charge in [-0.2, -0.15) is 0 Å². The molecule has 2 nitrogen and oxygen atoms in total. The van der Waals surface area contributed by atoms with Crippen molar-refractivity contribution < 1.29 is 0 Å². The lowest BCUT2D eigenvalue weighted by molar-refractivity contribution is 0.332. The molecule has 1 aliphatic heterocycles. The van der Waals surface area contributed by atoms with Crippen molar-refractivity contribution in [2.75, 3.05) is 19.6 Å². The topological polar surface area (TPSA) is 29.3 Å². The van der Waals surface area contributed by atoms with Crippen LogP contribution in [-0.2, 0) is 13.0 Å². The Morgan fingerprint density at radius 2 is 1.94 bits per heavy atom. The van der Waals surface area contributed by atoms with E-state index in [2.05, 4.69) is 29.2 Å². The van der Waals surface area contributed by atoms with Crippen molar-refractivity contribution in [3.63, 3.8) is 0 Å². The molecule has 0 bridgehead atoms. The van der Waals surface area contributed by atoms with Crippen LogP contribution in [0.2, 0.25) is 0 Å². The number of hydrogen-bond donors (Lipinski definition) is 1. The van der Waals surface area contributed by atoms with E-state index in [0.29, 0.717) is 0 Å². The van der Waals surface area contributed by atoms with Gasteiger partial charge in [0.2, 0.25) is 0 Å². The molecular weight excluding hydrogens is 240 g/mol. The molecule has 0 atom stereocenters. The third-order valence-electron chi connectivity index (χ3n) is 3.73. The number of nitrogens with zero attached hydrogens (tertiary/aromatic N) is 1. The second kappa shape index (κ2) is 5.39. The Balaban J connectivity index is 1.97. The molecule has 18 heavy (non-hydrogen) atoms. The van der Waals surface area contributed by atoms with Crippen LogP contribution in [0, 0.1) is 0 Å². The number of thiophene rings is 1. The molecule has 0 amide bonds. The molecule has 1 aromatic heterocycles. The van der Waals surface area contributed by atoms with Gasteiger partial charge in [-0.05, 0) is 55.9 Å². The van der Waals surface area contributed by atoms with Crippen LogP contribution < -0.4 is 5.73 Å². The van der Waals surface area contributed by atoms with Gasteiger partial charge in [0, 0.05) is 16.1 Å². The lowest BCUT2D eigenvalue weighted by Crippen LogP contribution is -2.19. The second-order valence-corrected chi connectivity index (χ2v) is 6.16. The zero-order valence-electron chi connectivity index (χ0n) is 10.7. The summed E-state index contributed by atoms with van der Waals surface area (Å²) in [6.07, 6.45) is 3.73. The van der Waals surface area contributed by atoms with E-state index in [0.717, 1.165) is 19.5 Å². The number of hydrogen-bond acceptors (Lipinski definition) is 3. The van der Waals surface area contributed by atoms with Crippen LogP contribution in [0.4, 0.5) is 0 Å². The van der Waals surface area contributed by atoms with Crippen LogP contribution in [0.1, 0.15) is 23.3 Å². The van der Waals surface area contributed by atoms with Crippen molar-refractivity contribution in [2.24, 2.45) is 5.73 Å². The lowest BCUT2D eigenvalue weighted by Gasteiger charge is -2.15. The van der Waals surface area contributed by atoms with Gasteiger partial charge in [-0.15, -0.1) is 11.3 Å². The van der Waals surface area contributed by atoms with Crippen LogP contribution in [0.15, 0.2) is 24.3 Å². The van der Waals surface area contributed by atoms with Gasteiger partial charge < -0.3 is 5.73 Å². The summed E-state index contributed by atoms with van der Waals surface area (Å²) in [7, 11) is 0. The largest absolute Gasteiger partial charge is 0.330 e. The minimum atomic E-state index is 0.750. The van der Waals surface area contributed by atoms with Gasteiger partial charge in [0.25, 0.3) is 0 Å². The number of likely N-dealkylation sites (tertiary alicyclic amines) is 1. The highest BCUT2D eigenvalue weighted by molar-refractivity contribution is 7.19. The van der Waals surface area contributed by atoms with Crippen LogP contribution >= 0.6 is 11.3 Å². The predicted molar refractivity (Wildman–Crippen MR) is 79.1 cm³/mol. The van der Waals surface area contributed by atoms with Crippen molar-refractivity contribution in [1.29, 1.82) is 0 Å². The maximum Gasteiger partial charge on any atom is 0.0349 e. The van der Waals surface area contributed by atoms with Gasteiger partial charge in [-0.3, -0.25) is 4.90 Å². The van der Waals surface area contributed by atoms with Crippen LogP contribution in [0.5, 0.6) is 0 Å². The summed E-state index contributed by atoms with van der Waals surface area (Å²) in [5.41, 5.74) is 7.28. The van der Waals surface area contributed by atoms with Gasteiger partial charge in [0.05, 0.1) is 0 Å². The predicted octanol–water partition coefficient (Wildman–Crippen LogP) is 3.00. The Hall–Kier alpha value is -0.900. The van der Waals surface area contributed by atoms with Gasteiger partial charge >= 0.3 is 0 Å². The normalized spacial score (nSPS) is 16.7. The Kier molecular flexibility index (Phi) is 3.64. The molecule has 96 valence electrons. The molecule has 3 rings (SSSR count). The van der Waals surface area contributed by atoms with E-state index in [1.54, 1.807) is 0 Å².